The molecule has 0 unspecified atom stereocenters. The molecule has 5 heteroatoms. The van der Waals surface area contributed by atoms with Gasteiger partial charge in [-0.1, -0.05) is 13.8 Å². The highest BCUT2D eigenvalue weighted by molar-refractivity contribution is 5.62. The van der Waals surface area contributed by atoms with E-state index in [-0.39, 0.29) is 5.69 Å². The van der Waals surface area contributed by atoms with Gasteiger partial charge in [0.25, 0.3) is 5.69 Å². The number of hydrogen-bond acceptors (Lipinski definition) is 4. The number of nitrogens with zero attached hydrogens (tertiary/aromatic N) is 2. The van der Waals surface area contributed by atoms with Crippen LogP contribution in [0.1, 0.15) is 20.8 Å². The second-order valence-corrected chi connectivity index (χ2v) is 4.47. The Morgan fingerprint density at radius 2 is 2.06 bits per heavy atom. The third-order valence-corrected chi connectivity index (χ3v) is 2.47. The van der Waals surface area contributed by atoms with Crippen molar-refractivity contribution in [2.75, 3.05) is 23.7 Å². The summed E-state index contributed by atoms with van der Waals surface area (Å²) in [4.78, 5) is 12.4. The van der Waals surface area contributed by atoms with Crippen LogP contribution in [0.15, 0.2) is 18.2 Å². The summed E-state index contributed by atoms with van der Waals surface area (Å²) in [7, 11) is 0. The van der Waals surface area contributed by atoms with Crippen LogP contribution in [0.25, 0.3) is 0 Å². The van der Waals surface area contributed by atoms with E-state index in [4.69, 9.17) is 5.73 Å². The molecule has 0 aromatic heterocycles. The highest BCUT2D eigenvalue weighted by Gasteiger charge is 2.13. The van der Waals surface area contributed by atoms with E-state index >= 15 is 0 Å². The van der Waals surface area contributed by atoms with Crippen molar-refractivity contribution in [1.82, 2.24) is 0 Å². The number of rotatable bonds is 5. The van der Waals surface area contributed by atoms with Gasteiger partial charge >= 0.3 is 0 Å². The van der Waals surface area contributed by atoms with Crippen LogP contribution in [0.2, 0.25) is 0 Å². The molecule has 0 fully saturated rings. The maximum atomic E-state index is 10.8. The largest absolute Gasteiger partial charge is 0.398 e. The average molecular weight is 237 g/mol. The molecule has 0 aliphatic rings. The minimum Gasteiger partial charge on any atom is -0.398 e. The van der Waals surface area contributed by atoms with Gasteiger partial charge in [0.1, 0.15) is 0 Å². The van der Waals surface area contributed by atoms with Crippen molar-refractivity contribution in [2.24, 2.45) is 5.92 Å². The predicted octanol–water partition coefficient (Wildman–Crippen LogP) is 2.66. The average Bonchev–Trinajstić information content (AvgIpc) is 2.24. The van der Waals surface area contributed by atoms with Gasteiger partial charge in [-0.3, -0.25) is 10.1 Å². The van der Waals surface area contributed by atoms with E-state index in [1.807, 2.05) is 6.92 Å². The molecule has 2 N–H and O–H groups in total. The zero-order valence-corrected chi connectivity index (χ0v) is 10.5. The number of hydrogen-bond donors (Lipinski definition) is 1. The minimum atomic E-state index is -0.414. The van der Waals surface area contributed by atoms with E-state index < -0.39 is 4.92 Å². The number of non-ortho nitro benzene ring substituents is 1. The standard InChI is InChI=1S/C12H19N3O2/c1-4-14(8-9(2)3)11-5-10(13)6-12(7-11)15(16)17/h5-7,9H,4,8,13H2,1-3H3. The van der Waals surface area contributed by atoms with Crippen LogP contribution in [-0.2, 0) is 0 Å². The van der Waals surface area contributed by atoms with E-state index in [1.165, 1.54) is 6.07 Å². The van der Waals surface area contributed by atoms with Gasteiger partial charge < -0.3 is 10.6 Å². The molecule has 0 atom stereocenters. The first-order chi connectivity index (χ1) is 7.93. The molecule has 0 saturated heterocycles. The molecule has 0 amide bonds. The first kappa shape index (κ1) is 13.3. The Hall–Kier alpha value is -1.78. The van der Waals surface area contributed by atoms with Crippen LogP contribution in [0.5, 0.6) is 0 Å². The molecule has 0 aliphatic carbocycles. The van der Waals surface area contributed by atoms with Gasteiger partial charge in [-0.15, -0.1) is 0 Å². The zero-order valence-electron chi connectivity index (χ0n) is 10.5. The van der Waals surface area contributed by atoms with Gasteiger partial charge in [-0.05, 0) is 18.9 Å². The van der Waals surface area contributed by atoms with E-state index in [0.29, 0.717) is 11.6 Å². The molecule has 0 bridgehead atoms. The minimum absolute atomic E-state index is 0.0437. The maximum absolute atomic E-state index is 10.8. The van der Waals surface area contributed by atoms with Crippen LogP contribution in [0, 0.1) is 16.0 Å². The highest BCUT2D eigenvalue weighted by Crippen LogP contribution is 2.25. The third kappa shape index (κ3) is 3.62. The number of nitro benzene ring substituents is 1. The molecule has 0 aliphatic heterocycles. The van der Waals surface area contributed by atoms with Gasteiger partial charge in [0.15, 0.2) is 0 Å². The van der Waals surface area contributed by atoms with Crippen LogP contribution in [0.3, 0.4) is 0 Å². The van der Waals surface area contributed by atoms with E-state index in [2.05, 4.69) is 18.7 Å². The molecule has 0 radical (unpaired) electrons. The Balaban J connectivity index is 3.06. The molecule has 0 spiro atoms. The SMILES string of the molecule is CCN(CC(C)C)c1cc(N)cc([N+](=O)[O-])c1. The Bertz CT molecular complexity index is 405. The lowest BCUT2D eigenvalue weighted by molar-refractivity contribution is -0.384. The molecular formula is C12H19N3O2. The number of nitro groups is 1. The Morgan fingerprint density at radius 1 is 1.41 bits per heavy atom. The summed E-state index contributed by atoms with van der Waals surface area (Å²) >= 11 is 0. The Morgan fingerprint density at radius 3 is 2.53 bits per heavy atom. The van der Waals surface area contributed by atoms with Crippen molar-refractivity contribution in [3.63, 3.8) is 0 Å². The van der Waals surface area contributed by atoms with Crippen molar-refractivity contribution < 1.29 is 4.92 Å². The van der Waals surface area contributed by atoms with Crippen LogP contribution in [0.4, 0.5) is 17.1 Å². The summed E-state index contributed by atoms with van der Waals surface area (Å²) < 4.78 is 0. The molecule has 1 aromatic carbocycles. The van der Waals surface area contributed by atoms with E-state index in [9.17, 15) is 10.1 Å². The van der Waals surface area contributed by atoms with Crippen molar-refractivity contribution in [1.29, 1.82) is 0 Å². The number of anilines is 2. The third-order valence-electron chi connectivity index (χ3n) is 2.47. The molecule has 1 aromatic rings. The fraction of sp³-hybridized carbons (Fsp3) is 0.500. The fourth-order valence-electron chi connectivity index (χ4n) is 1.76. The summed E-state index contributed by atoms with van der Waals surface area (Å²) in [5.41, 5.74) is 6.97. The molecule has 1 rings (SSSR count). The predicted molar refractivity (Wildman–Crippen MR) is 70.2 cm³/mol. The second kappa shape index (κ2) is 5.52. The van der Waals surface area contributed by atoms with E-state index in [0.717, 1.165) is 18.8 Å². The van der Waals surface area contributed by atoms with E-state index in [1.54, 1.807) is 12.1 Å². The topological polar surface area (TPSA) is 72.4 Å². The smallest absolute Gasteiger partial charge is 0.273 e. The van der Waals surface area contributed by atoms with Crippen molar-refractivity contribution >= 4 is 17.1 Å². The maximum Gasteiger partial charge on any atom is 0.273 e. The molecule has 17 heavy (non-hydrogen) atoms. The summed E-state index contributed by atoms with van der Waals surface area (Å²) in [6, 6.07) is 4.73. The van der Waals surface area contributed by atoms with Gasteiger partial charge in [0, 0.05) is 36.6 Å². The molecule has 0 saturated carbocycles. The monoisotopic (exact) mass is 237 g/mol. The summed E-state index contributed by atoms with van der Waals surface area (Å²) in [6.45, 7) is 7.92. The van der Waals surface area contributed by atoms with Gasteiger partial charge in [0.05, 0.1) is 4.92 Å². The van der Waals surface area contributed by atoms with Gasteiger partial charge in [-0.25, -0.2) is 0 Å². The lowest BCUT2D eigenvalue weighted by Gasteiger charge is -2.25. The zero-order chi connectivity index (χ0) is 13.0. The summed E-state index contributed by atoms with van der Waals surface area (Å²) in [6.07, 6.45) is 0. The Kier molecular flexibility index (Phi) is 4.31. The van der Waals surface area contributed by atoms with Crippen LogP contribution >= 0.6 is 0 Å². The number of nitrogen functional groups attached to an aromatic ring is 1. The second-order valence-electron chi connectivity index (χ2n) is 4.47. The van der Waals surface area contributed by atoms with Crippen molar-refractivity contribution in [3.05, 3.63) is 28.3 Å². The highest BCUT2D eigenvalue weighted by atomic mass is 16.6. The number of nitrogens with two attached hydrogens (primary N) is 1. The molecular weight excluding hydrogens is 218 g/mol. The quantitative estimate of drug-likeness (QED) is 0.485. The van der Waals surface area contributed by atoms with Crippen molar-refractivity contribution in [3.8, 4) is 0 Å². The Labute approximate surface area is 101 Å². The molecule has 5 nitrogen and oxygen atoms in total. The number of benzene rings is 1. The fourth-order valence-corrected chi connectivity index (χ4v) is 1.76. The van der Waals surface area contributed by atoms with Gasteiger partial charge in [0.2, 0.25) is 0 Å². The lowest BCUT2D eigenvalue weighted by Crippen LogP contribution is -2.27. The molecule has 94 valence electrons. The molecule has 0 heterocycles. The normalized spacial score (nSPS) is 10.6. The summed E-state index contributed by atoms with van der Waals surface area (Å²) in [5, 5.41) is 10.8. The van der Waals surface area contributed by atoms with Gasteiger partial charge in [-0.2, -0.15) is 0 Å². The summed E-state index contributed by atoms with van der Waals surface area (Å²) in [5.74, 6) is 0.496. The van der Waals surface area contributed by atoms with Crippen LogP contribution < -0.4 is 10.6 Å². The first-order valence-electron chi connectivity index (χ1n) is 5.74. The first-order valence-corrected chi connectivity index (χ1v) is 5.74. The van der Waals surface area contributed by atoms with Crippen molar-refractivity contribution in [2.45, 2.75) is 20.8 Å². The van der Waals surface area contributed by atoms with Crippen LogP contribution in [-0.4, -0.2) is 18.0 Å². The lowest BCUT2D eigenvalue weighted by atomic mass is 10.1.